The molecule has 1 aromatic carbocycles. The number of carbonyl (C=O) groups excluding carboxylic acids is 1. The summed E-state index contributed by atoms with van der Waals surface area (Å²) in [5, 5.41) is 2.81. The summed E-state index contributed by atoms with van der Waals surface area (Å²) in [6, 6.07) is 6.12. The van der Waals surface area contributed by atoms with Gasteiger partial charge in [-0.05, 0) is 30.0 Å². The number of fused-ring (bicyclic) bond motifs is 1. The molecule has 0 atom stereocenters. The van der Waals surface area contributed by atoms with E-state index in [9.17, 15) is 9.59 Å². The van der Waals surface area contributed by atoms with Gasteiger partial charge >= 0.3 is 0 Å². The second-order valence-electron chi connectivity index (χ2n) is 5.56. The van der Waals surface area contributed by atoms with Crippen LogP contribution in [0.3, 0.4) is 0 Å². The summed E-state index contributed by atoms with van der Waals surface area (Å²) in [5.41, 5.74) is 10.9. The van der Waals surface area contributed by atoms with Crippen molar-refractivity contribution in [2.45, 2.75) is 26.4 Å². The molecule has 0 spiro atoms. The number of hydrogen-bond acceptors (Lipinski definition) is 3. The van der Waals surface area contributed by atoms with Gasteiger partial charge in [0.15, 0.2) is 0 Å². The van der Waals surface area contributed by atoms with Crippen LogP contribution in [0.4, 0.5) is 5.82 Å². The van der Waals surface area contributed by atoms with E-state index in [1.54, 1.807) is 6.92 Å². The molecule has 0 bridgehead atoms. The van der Waals surface area contributed by atoms with Crippen molar-refractivity contribution in [3.63, 3.8) is 0 Å². The summed E-state index contributed by atoms with van der Waals surface area (Å²) in [6.45, 7) is 2.00. The Bertz CT molecular complexity index is 858. The van der Waals surface area contributed by atoms with Gasteiger partial charge in [0.05, 0.1) is 0 Å². The van der Waals surface area contributed by atoms with E-state index in [0.717, 1.165) is 12.0 Å². The van der Waals surface area contributed by atoms with Crippen molar-refractivity contribution in [3.8, 4) is 0 Å². The topological polar surface area (TPSA) is 87.8 Å². The molecular weight excluding hydrogens is 476 g/mol. The van der Waals surface area contributed by atoms with Crippen molar-refractivity contribution in [1.29, 1.82) is 0 Å². The van der Waals surface area contributed by atoms with E-state index in [0.29, 0.717) is 12.2 Å². The molecule has 1 aliphatic carbocycles. The molecule has 1 aliphatic rings. The zero-order chi connectivity index (χ0) is 16.4. The molecule has 1 heterocycles. The molecule has 0 saturated heterocycles. The van der Waals surface area contributed by atoms with Crippen LogP contribution < -0.4 is 10.9 Å². The molecule has 0 fully saturated rings. The molecule has 2 N–H and O–H groups in total. The fourth-order valence-corrected chi connectivity index (χ4v) is 2.59. The third-order valence-corrected chi connectivity index (χ3v) is 3.89. The first-order chi connectivity index (χ1) is 11.0. The number of aryl methyl sites for hydroxylation is 1. The summed E-state index contributed by atoms with van der Waals surface area (Å²) >= 11 is 0. The number of allylic oxidation sites excluding steroid dienone is 1. The molecular formula is C17H17N4O2W-. The van der Waals surface area contributed by atoms with Gasteiger partial charge in [-0.1, -0.05) is 36.5 Å². The Hall–Kier alpha value is -2.20. The number of nitrogens with zero attached hydrogens (tertiary/aromatic N) is 2. The van der Waals surface area contributed by atoms with Crippen LogP contribution in [0.15, 0.2) is 35.3 Å². The molecule has 1 aromatic heterocycles. The maximum Gasteiger partial charge on any atom is 0.249 e. The minimum atomic E-state index is -0.552. The summed E-state index contributed by atoms with van der Waals surface area (Å²) in [4.78, 5) is 27.6. The summed E-state index contributed by atoms with van der Waals surface area (Å²) in [6.07, 6.45) is 6.55. The van der Waals surface area contributed by atoms with Crippen molar-refractivity contribution >= 4 is 17.8 Å². The van der Waals surface area contributed by atoms with Crippen LogP contribution in [-0.4, -0.2) is 15.5 Å². The van der Waals surface area contributed by atoms with E-state index >= 15 is 0 Å². The second kappa shape index (κ2) is 7.58. The molecule has 0 aliphatic heterocycles. The Balaban J connectivity index is 0.00000208. The van der Waals surface area contributed by atoms with Gasteiger partial charge in [0.25, 0.3) is 0 Å². The average Bonchev–Trinajstić information content (AvgIpc) is 3.01. The van der Waals surface area contributed by atoms with Gasteiger partial charge in [-0.25, -0.2) is 0 Å². The Morgan fingerprint density at radius 1 is 1.42 bits per heavy atom. The van der Waals surface area contributed by atoms with E-state index < -0.39 is 5.56 Å². The van der Waals surface area contributed by atoms with E-state index in [4.69, 9.17) is 5.73 Å². The quantitative estimate of drug-likeness (QED) is 0.709. The maximum atomic E-state index is 12.1. The van der Waals surface area contributed by atoms with Gasteiger partial charge in [-0.2, -0.15) is 0 Å². The first-order valence-electron chi connectivity index (χ1n) is 7.37. The third kappa shape index (κ3) is 3.82. The van der Waals surface area contributed by atoms with Gasteiger partial charge in [0, 0.05) is 39.1 Å². The number of amides is 1. The van der Waals surface area contributed by atoms with E-state index in [1.165, 1.54) is 21.9 Å². The average molecular weight is 493 g/mol. The van der Waals surface area contributed by atoms with Crippen molar-refractivity contribution in [1.82, 2.24) is 14.9 Å². The Kier molecular flexibility index (Phi) is 5.73. The van der Waals surface area contributed by atoms with Crippen LogP contribution in [-0.2, 0) is 45.4 Å². The second-order valence-corrected chi connectivity index (χ2v) is 5.56. The minimum Gasteiger partial charge on any atom is -0.478 e. The number of benzene rings is 1. The number of aromatic nitrogens is 2. The summed E-state index contributed by atoms with van der Waals surface area (Å²) in [5.74, 6) is -0.617. The van der Waals surface area contributed by atoms with Gasteiger partial charge in [0.1, 0.15) is 6.54 Å². The molecule has 124 valence electrons. The molecule has 0 saturated carbocycles. The van der Waals surface area contributed by atoms with Crippen LogP contribution in [0.1, 0.15) is 22.4 Å². The summed E-state index contributed by atoms with van der Waals surface area (Å²) < 4.78 is 1.26. The first-order valence-corrected chi connectivity index (χ1v) is 7.37. The van der Waals surface area contributed by atoms with Crippen molar-refractivity contribution in [3.05, 3.63) is 68.9 Å². The zero-order valence-corrected chi connectivity index (χ0v) is 16.1. The number of hydrogen-bond donors (Lipinski definition) is 1. The van der Waals surface area contributed by atoms with Crippen molar-refractivity contribution in [2.24, 2.45) is 0 Å². The molecule has 2 aromatic rings. The molecule has 0 radical (unpaired) electrons. The predicted molar refractivity (Wildman–Crippen MR) is 88.2 cm³/mol. The van der Waals surface area contributed by atoms with Crippen molar-refractivity contribution in [2.75, 3.05) is 0 Å². The Labute approximate surface area is 154 Å². The van der Waals surface area contributed by atoms with Crippen LogP contribution >= 0.6 is 0 Å². The third-order valence-electron chi connectivity index (χ3n) is 3.89. The monoisotopic (exact) mass is 493 g/mol. The summed E-state index contributed by atoms with van der Waals surface area (Å²) in [7, 11) is 0. The fourth-order valence-electron chi connectivity index (χ4n) is 2.59. The molecule has 0 unspecified atom stereocenters. The van der Waals surface area contributed by atoms with Gasteiger partial charge in [0.2, 0.25) is 11.5 Å². The smallest absolute Gasteiger partial charge is 0.249 e. The van der Waals surface area contributed by atoms with Crippen LogP contribution in [0.2, 0.25) is 0 Å². The Morgan fingerprint density at radius 2 is 2.21 bits per heavy atom. The number of nitrogens with one attached hydrogen (secondary N) is 2. The fraction of sp³-hybridized carbons (Fsp3) is 0.235. The van der Waals surface area contributed by atoms with Crippen LogP contribution in [0, 0.1) is 6.92 Å². The largest absolute Gasteiger partial charge is 0.478 e. The van der Waals surface area contributed by atoms with E-state index in [2.05, 4.69) is 28.5 Å². The van der Waals surface area contributed by atoms with E-state index in [1.807, 2.05) is 12.1 Å². The number of carbonyl (C=O) groups is 1. The molecule has 1 amide bonds. The van der Waals surface area contributed by atoms with Crippen LogP contribution in [0.5, 0.6) is 0 Å². The molecule has 6 nitrogen and oxygen atoms in total. The van der Waals surface area contributed by atoms with Crippen molar-refractivity contribution < 1.29 is 25.9 Å². The SMILES string of the molecule is Cc1cnc([NH-])c(=O)n1CC(=O)NCc1ccc2c(c1)CC=C2.[W]. The van der Waals surface area contributed by atoms with Gasteiger partial charge in [-0.15, -0.1) is 0 Å². The molecule has 7 heteroatoms. The van der Waals surface area contributed by atoms with Crippen LogP contribution in [0.25, 0.3) is 11.8 Å². The van der Waals surface area contributed by atoms with Gasteiger partial charge < -0.3 is 20.6 Å². The standard InChI is InChI=1S/C17H18N4O2.W/c1-11-8-20-16(18)17(23)21(11)10-15(22)19-9-12-5-6-13-3-2-4-14(13)7-12;/h2-3,5-8H,4,9-10H2,1H3,(H3,18,19,20,22);/p-1. The molecule has 3 rings (SSSR count). The number of rotatable bonds is 4. The maximum absolute atomic E-state index is 12.1. The Morgan fingerprint density at radius 3 is 3.00 bits per heavy atom. The predicted octanol–water partition coefficient (Wildman–Crippen LogP) is 2.12. The zero-order valence-electron chi connectivity index (χ0n) is 13.2. The van der Waals surface area contributed by atoms with Gasteiger partial charge in [-0.3, -0.25) is 9.59 Å². The first kappa shape index (κ1) is 18.1. The normalized spacial score (nSPS) is 11.7. The van der Waals surface area contributed by atoms with E-state index in [-0.39, 0.29) is 39.3 Å². The minimum absolute atomic E-state index is 0. The molecule has 24 heavy (non-hydrogen) atoms.